The Kier molecular flexibility index (Phi) is 9.05. The summed E-state index contributed by atoms with van der Waals surface area (Å²) >= 11 is 0. The first-order chi connectivity index (χ1) is 18.0. The second-order valence-electron chi connectivity index (χ2n) is 9.84. The largest absolute Gasteiger partial charge is 0.486 e. The predicted molar refractivity (Wildman–Crippen MR) is 126 cm³/mol. The van der Waals surface area contributed by atoms with E-state index in [1.807, 2.05) is 4.90 Å². The molecule has 1 fully saturated rings. The number of alkyl halides is 5. The molecule has 2 heterocycles. The summed E-state index contributed by atoms with van der Waals surface area (Å²) in [5, 5.41) is 3.83. The van der Waals surface area contributed by atoms with E-state index in [9.17, 15) is 40.7 Å². The Hall–Kier alpha value is -3.07. The fourth-order valence-electron chi connectivity index (χ4n) is 3.97. The van der Waals surface area contributed by atoms with Crippen molar-refractivity contribution in [2.24, 2.45) is 5.41 Å². The summed E-state index contributed by atoms with van der Waals surface area (Å²) in [7, 11) is 0. The molecule has 0 radical (unpaired) electrons. The van der Waals surface area contributed by atoms with Crippen molar-refractivity contribution in [1.82, 2.24) is 15.5 Å². The zero-order chi connectivity index (χ0) is 29.2. The topological polar surface area (TPSA) is 100 Å². The van der Waals surface area contributed by atoms with Gasteiger partial charge >= 0.3 is 12.1 Å². The number of fused-ring (bicyclic) bond motifs is 1. The normalized spacial score (nSPS) is 21.1. The van der Waals surface area contributed by atoms with Gasteiger partial charge in [-0.05, 0) is 32.9 Å². The lowest BCUT2D eigenvalue weighted by Gasteiger charge is -2.32. The Morgan fingerprint density at radius 2 is 1.69 bits per heavy atom. The molecular formula is C24H30F6N4O5. The maximum atomic E-state index is 14.1. The van der Waals surface area contributed by atoms with Crippen LogP contribution in [0.3, 0.4) is 0 Å². The van der Waals surface area contributed by atoms with E-state index >= 15 is 0 Å². The molecule has 0 aromatic heterocycles. The average Bonchev–Trinajstić information content (AvgIpc) is 2.95. The lowest BCUT2D eigenvalue weighted by atomic mass is 9.90. The van der Waals surface area contributed by atoms with Crippen LogP contribution in [-0.4, -0.2) is 92.8 Å². The van der Waals surface area contributed by atoms with Gasteiger partial charge in [0.2, 0.25) is 11.8 Å². The number of amides is 3. The van der Waals surface area contributed by atoms with E-state index in [1.165, 1.54) is 23.2 Å². The Balaban J connectivity index is 1.79. The van der Waals surface area contributed by atoms with Crippen molar-refractivity contribution >= 4 is 23.4 Å². The number of ether oxygens (including phenoxy) is 2. The Bertz CT molecular complexity index is 1080. The van der Waals surface area contributed by atoms with Crippen molar-refractivity contribution in [3.05, 3.63) is 24.0 Å². The maximum absolute atomic E-state index is 14.1. The molecule has 0 aliphatic carbocycles. The van der Waals surface area contributed by atoms with Crippen molar-refractivity contribution in [2.75, 3.05) is 50.8 Å². The van der Waals surface area contributed by atoms with Crippen LogP contribution in [0.15, 0.2) is 18.2 Å². The molecule has 15 heteroatoms. The minimum atomic E-state index is -5.90. The van der Waals surface area contributed by atoms with Crippen molar-refractivity contribution < 1.29 is 50.2 Å². The highest BCUT2D eigenvalue weighted by Crippen LogP contribution is 2.36. The van der Waals surface area contributed by atoms with Crippen molar-refractivity contribution in [1.29, 1.82) is 0 Å². The number of hydrogen-bond donors (Lipinski definition) is 2. The van der Waals surface area contributed by atoms with E-state index in [2.05, 4.69) is 5.32 Å². The van der Waals surface area contributed by atoms with Gasteiger partial charge in [0.1, 0.15) is 29.1 Å². The van der Waals surface area contributed by atoms with Crippen molar-refractivity contribution in [3.8, 4) is 5.75 Å². The number of halogens is 6. The summed E-state index contributed by atoms with van der Waals surface area (Å²) in [4.78, 5) is 42.4. The third kappa shape index (κ3) is 6.93. The van der Waals surface area contributed by atoms with Gasteiger partial charge in [-0.1, -0.05) is 0 Å². The number of rotatable bonds is 8. The Labute approximate surface area is 220 Å². The number of morpholine rings is 1. The minimum absolute atomic E-state index is 0.0914. The molecule has 9 nitrogen and oxygen atoms in total. The number of carbonyl (C=O) groups excluding carboxylic acids is 3. The zero-order valence-corrected chi connectivity index (χ0v) is 21.5. The molecule has 1 aromatic rings. The van der Waals surface area contributed by atoms with Gasteiger partial charge < -0.3 is 25.0 Å². The van der Waals surface area contributed by atoms with Crippen LogP contribution < -0.4 is 20.3 Å². The van der Waals surface area contributed by atoms with Crippen LogP contribution in [0.4, 0.5) is 32.0 Å². The third-order valence-corrected chi connectivity index (χ3v) is 6.58. The number of nitrogens with zero attached hydrogens (tertiary/aromatic N) is 2. The first-order valence-electron chi connectivity index (χ1n) is 12.2. The van der Waals surface area contributed by atoms with Crippen LogP contribution in [0.1, 0.15) is 20.8 Å². The van der Waals surface area contributed by atoms with Gasteiger partial charge in [-0.15, -0.1) is 0 Å². The molecule has 0 unspecified atom stereocenters. The van der Waals surface area contributed by atoms with Crippen molar-refractivity contribution in [3.63, 3.8) is 0 Å². The summed E-state index contributed by atoms with van der Waals surface area (Å²) in [5.41, 5.74) is -2.02. The lowest BCUT2D eigenvalue weighted by Crippen LogP contribution is -2.59. The molecule has 1 aromatic carbocycles. The summed E-state index contributed by atoms with van der Waals surface area (Å²) in [6, 6.07) is 2.18. The monoisotopic (exact) mass is 568 g/mol. The highest BCUT2D eigenvalue weighted by Gasteiger charge is 2.58. The van der Waals surface area contributed by atoms with Gasteiger partial charge in [0.15, 0.2) is 0 Å². The van der Waals surface area contributed by atoms with Crippen LogP contribution >= 0.6 is 0 Å². The minimum Gasteiger partial charge on any atom is -0.486 e. The maximum Gasteiger partial charge on any atom is 0.455 e. The Morgan fingerprint density at radius 1 is 1.05 bits per heavy atom. The molecule has 2 aliphatic rings. The molecule has 0 saturated carbocycles. The summed E-state index contributed by atoms with van der Waals surface area (Å²) in [6.07, 6.45) is -6.92. The highest BCUT2D eigenvalue weighted by molar-refractivity contribution is 6.07. The second-order valence-corrected chi connectivity index (χ2v) is 9.84. The molecular weight excluding hydrogens is 538 g/mol. The van der Waals surface area contributed by atoms with E-state index in [0.717, 1.165) is 26.0 Å². The van der Waals surface area contributed by atoms with Gasteiger partial charge in [-0.25, -0.2) is 4.39 Å². The summed E-state index contributed by atoms with van der Waals surface area (Å²) in [6.45, 7) is 4.13. The highest BCUT2D eigenvalue weighted by atomic mass is 19.4. The molecule has 0 bridgehead atoms. The van der Waals surface area contributed by atoms with Crippen LogP contribution in [0.5, 0.6) is 5.75 Å². The van der Waals surface area contributed by atoms with Crippen molar-refractivity contribution in [2.45, 2.75) is 45.0 Å². The van der Waals surface area contributed by atoms with Crippen LogP contribution in [-0.2, 0) is 19.1 Å². The van der Waals surface area contributed by atoms with Gasteiger partial charge in [0.25, 0.3) is 5.91 Å². The Morgan fingerprint density at radius 3 is 2.31 bits per heavy atom. The van der Waals surface area contributed by atoms with E-state index in [1.54, 1.807) is 0 Å². The number of nitrogens with one attached hydrogen (secondary N) is 2. The number of hydrogen-bond acceptors (Lipinski definition) is 6. The molecule has 2 atom stereocenters. The zero-order valence-electron chi connectivity index (χ0n) is 21.5. The second kappa shape index (κ2) is 11.6. The SMILES string of the molecule is C[C@H]1Oc2ccc(F)cc2N(CCN2CCOCC2)C(=O)[C@H]1NC(=O)C(C)(C)C(=O)NCC(F)(F)C(F)(F)F. The fourth-order valence-corrected chi connectivity index (χ4v) is 3.97. The molecule has 3 amide bonds. The van der Waals surface area contributed by atoms with E-state index in [4.69, 9.17) is 9.47 Å². The van der Waals surface area contributed by atoms with Crippen LogP contribution in [0.2, 0.25) is 0 Å². The predicted octanol–water partition coefficient (Wildman–Crippen LogP) is 2.10. The molecule has 1 saturated heterocycles. The lowest BCUT2D eigenvalue weighted by molar-refractivity contribution is -0.278. The number of carbonyl (C=O) groups is 3. The fraction of sp³-hybridized carbons (Fsp3) is 0.625. The smallest absolute Gasteiger partial charge is 0.455 e. The summed E-state index contributed by atoms with van der Waals surface area (Å²) < 4.78 is 89.2. The number of anilines is 1. The molecule has 3 rings (SSSR count). The third-order valence-electron chi connectivity index (χ3n) is 6.58. The van der Waals surface area contributed by atoms with Gasteiger partial charge in [0.05, 0.1) is 25.4 Å². The average molecular weight is 569 g/mol. The summed E-state index contributed by atoms with van der Waals surface area (Å²) in [5.74, 6) is -8.89. The van der Waals surface area contributed by atoms with Crippen LogP contribution in [0, 0.1) is 11.2 Å². The molecule has 0 spiro atoms. The van der Waals surface area contributed by atoms with Gasteiger partial charge in [0, 0.05) is 32.2 Å². The number of benzene rings is 1. The first-order valence-corrected chi connectivity index (χ1v) is 12.2. The molecule has 2 N–H and O–H groups in total. The standard InChI is InChI=1S/C24H30F6N4O5/c1-14-18(32-21(37)22(2,3)20(36)31-13-23(26,27)24(28,29)30)19(35)34(7-6-33-8-10-38-11-9-33)16-12-15(25)4-5-17(16)39-14/h4-5,12,14,18H,6-11,13H2,1-3H3,(H,31,36)(H,32,37)/t14-,18+/m1/s1. The molecule has 2 aliphatic heterocycles. The molecule has 39 heavy (non-hydrogen) atoms. The van der Waals surface area contributed by atoms with E-state index < -0.39 is 59.7 Å². The quantitative estimate of drug-likeness (QED) is 0.368. The van der Waals surface area contributed by atoms with E-state index in [0.29, 0.717) is 32.8 Å². The molecule has 218 valence electrons. The van der Waals surface area contributed by atoms with Gasteiger partial charge in [-0.3, -0.25) is 19.3 Å². The first kappa shape index (κ1) is 30.5. The van der Waals surface area contributed by atoms with Crippen LogP contribution in [0.25, 0.3) is 0 Å². The van der Waals surface area contributed by atoms with Gasteiger partial charge in [-0.2, -0.15) is 22.0 Å². The van der Waals surface area contributed by atoms with E-state index in [-0.39, 0.29) is 18.0 Å².